The number of rotatable bonds is 3. The third-order valence-electron chi connectivity index (χ3n) is 2.98. The lowest BCUT2D eigenvalue weighted by molar-refractivity contribution is 0.410. The van der Waals surface area contributed by atoms with E-state index < -0.39 is 5.54 Å². The van der Waals surface area contributed by atoms with Crippen molar-refractivity contribution in [1.82, 2.24) is 4.98 Å². The highest BCUT2D eigenvalue weighted by atomic mass is 79.9. The molecule has 94 valence electrons. The molecule has 1 aromatic carbocycles. The van der Waals surface area contributed by atoms with E-state index in [1.165, 1.54) is 0 Å². The number of benzene rings is 1. The first-order valence-corrected chi connectivity index (χ1v) is 6.38. The molecule has 0 radical (unpaired) electrons. The van der Waals surface area contributed by atoms with Crippen LogP contribution in [0.3, 0.4) is 0 Å². The van der Waals surface area contributed by atoms with Crippen LogP contribution in [0, 0.1) is 0 Å². The molecule has 0 bridgehead atoms. The largest absolute Gasteiger partial charge is 0.495 e. The van der Waals surface area contributed by atoms with Gasteiger partial charge in [-0.05, 0) is 30.2 Å². The van der Waals surface area contributed by atoms with E-state index in [1.54, 1.807) is 19.5 Å². The van der Waals surface area contributed by atoms with Crippen molar-refractivity contribution < 1.29 is 4.74 Å². The summed E-state index contributed by atoms with van der Waals surface area (Å²) in [6, 6.07) is 9.83. The number of hydrogen-bond acceptors (Lipinski definition) is 3. The first-order valence-electron chi connectivity index (χ1n) is 5.59. The molecule has 1 unspecified atom stereocenters. The van der Waals surface area contributed by atoms with Crippen molar-refractivity contribution in [2.75, 3.05) is 7.11 Å². The van der Waals surface area contributed by atoms with Gasteiger partial charge in [0.15, 0.2) is 0 Å². The number of pyridine rings is 1. The first-order chi connectivity index (χ1) is 8.55. The maximum atomic E-state index is 6.46. The number of nitrogens with two attached hydrogens (primary N) is 1. The molecule has 2 N–H and O–H groups in total. The van der Waals surface area contributed by atoms with Gasteiger partial charge in [0.1, 0.15) is 5.75 Å². The Morgan fingerprint density at radius 2 is 2.00 bits per heavy atom. The van der Waals surface area contributed by atoms with Gasteiger partial charge < -0.3 is 10.5 Å². The van der Waals surface area contributed by atoms with Gasteiger partial charge in [0, 0.05) is 10.7 Å². The number of methoxy groups -OCH3 is 1. The van der Waals surface area contributed by atoms with Crippen molar-refractivity contribution in [1.29, 1.82) is 0 Å². The van der Waals surface area contributed by atoms with Gasteiger partial charge in [0.25, 0.3) is 0 Å². The standard InChI is InChI=1S/C14H15BrN2O/c1-14(16,12-5-3-4-6-13(12)15)10-7-11(18-2)9-17-8-10/h3-9H,16H2,1-2H3. The maximum Gasteiger partial charge on any atom is 0.137 e. The van der Waals surface area contributed by atoms with E-state index in [-0.39, 0.29) is 0 Å². The van der Waals surface area contributed by atoms with Crippen LogP contribution in [0.2, 0.25) is 0 Å². The number of halogens is 1. The Labute approximate surface area is 115 Å². The molecular weight excluding hydrogens is 292 g/mol. The van der Waals surface area contributed by atoms with Gasteiger partial charge in [0.05, 0.1) is 18.8 Å². The van der Waals surface area contributed by atoms with E-state index in [1.807, 2.05) is 37.3 Å². The summed E-state index contributed by atoms with van der Waals surface area (Å²) >= 11 is 3.53. The molecule has 18 heavy (non-hydrogen) atoms. The Kier molecular flexibility index (Phi) is 3.68. The monoisotopic (exact) mass is 306 g/mol. The van der Waals surface area contributed by atoms with E-state index >= 15 is 0 Å². The van der Waals surface area contributed by atoms with Crippen LogP contribution in [-0.2, 0) is 5.54 Å². The minimum Gasteiger partial charge on any atom is -0.495 e. The molecule has 0 spiro atoms. The van der Waals surface area contributed by atoms with E-state index in [4.69, 9.17) is 10.5 Å². The fourth-order valence-electron chi connectivity index (χ4n) is 1.85. The molecule has 0 aliphatic heterocycles. The fraction of sp³-hybridized carbons (Fsp3) is 0.214. The van der Waals surface area contributed by atoms with E-state index in [9.17, 15) is 0 Å². The van der Waals surface area contributed by atoms with E-state index in [0.29, 0.717) is 5.75 Å². The fourth-order valence-corrected chi connectivity index (χ4v) is 2.55. The van der Waals surface area contributed by atoms with Gasteiger partial charge in [-0.2, -0.15) is 0 Å². The molecule has 0 aliphatic rings. The Hall–Kier alpha value is -1.39. The number of nitrogens with zero attached hydrogens (tertiary/aromatic N) is 1. The second-order valence-electron chi connectivity index (χ2n) is 4.30. The summed E-state index contributed by atoms with van der Waals surface area (Å²) < 4.78 is 6.17. The van der Waals surface area contributed by atoms with Crippen LogP contribution in [0.4, 0.5) is 0 Å². The molecule has 0 fully saturated rings. The summed E-state index contributed by atoms with van der Waals surface area (Å²) in [5.74, 6) is 0.705. The van der Waals surface area contributed by atoms with Gasteiger partial charge in [-0.3, -0.25) is 4.98 Å². The van der Waals surface area contributed by atoms with Crippen LogP contribution in [0.15, 0.2) is 47.2 Å². The Bertz CT molecular complexity index is 555. The Morgan fingerprint density at radius 1 is 1.28 bits per heavy atom. The third-order valence-corrected chi connectivity index (χ3v) is 3.67. The van der Waals surface area contributed by atoms with Crippen LogP contribution in [0.25, 0.3) is 0 Å². The topological polar surface area (TPSA) is 48.1 Å². The second-order valence-corrected chi connectivity index (χ2v) is 5.15. The van der Waals surface area contributed by atoms with Gasteiger partial charge in [-0.25, -0.2) is 0 Å². The molecule has 4 heteroatoms. The summed E-state index contributed by atoms with van der Waals surface area (Å²) in [6.07, 6.45) is 3.43. The smallest absolute Gasteiger partial charge is 0.137 e. The average Bonchev–Trinajstić information content (AvgIpc) is 2.39. The van der Waals surface area contributed by atoms with Crippen molar-refractivity contribution in [3.8, 4) is 5.75 Å². The van der Waals surface area contributed by atoms with E-state index in [2.05, 4.69) is 20.9 Å². The zero-order valence-corrected chi connectivity index (χ0v) is 11.9. The SMILES string of the molecule is COc1cncc(C(C)(N)c2ccccc2Br)c1. The number of hydrogen-bond donors (Lipinski definition) is 1. The molecular formula is C14H15BrN2O. The highest BCUT2D eigenvalue weighted by Gasteiger charge is 2.26. The minimum absolute atomic E-state index is 0.623. The molecule has 1 heterocycles. The third kappa shape index (κ3) is 2.40. The first kappa shape index (κ1) is 13.1. The average molecular weight is 307 g/mol. The normalized spacial score (nSPS) is 14.0. The van der Waals surface area contributed by atoms with Crippen molar-refractivity contribution in [3.05, 3.63) is 58.3 Å². The molecule has 0 aliphatic carbocycles. The van der Waals surface area contributed by atoms with Crippen LogP contribution in [0.5, 0.6) is 5.75 Å². The molecule has 2 aromatic rings. The zero-order valence-electron chi connectivity index (χ0n) is 10.4. The van der Waals surface area contributed by atoms with Crippen molar-refractivity contribution in [2.45, 2.75) is 12.5 Å². The molecule has 0 amide bonds. The minimum atomic E-state index is -0.623. The quantitative estimate of drug-likeness (QED) is 0.948. The van der Waals surface area contributed by atoms with Crippen LogP contribution in [-0.4, -0.2) is 12.1 Å². The summed E-state index contributed by atoms with van der Waals surface area (Å²) in [5.41, 5.74) is 7.76. The van der Waals surface area contributed by atoms with Crippen molar-refractivity contribution in [2.24, 2.45) is 5.73 Å². The van der Waals surface area contributed by atoms with Crippen LogP contribution >= 0.6 is 15.9 Å². The summed E-state index contributed by atoms with van der Waals surface area (Å²) in [7, 11) is 1.62. The number of ether oxygens (including phenoxy) is 1. The molecule has 1 atom stereocenters. The van der Waals surface area contributed by atoms with Crippen molar-refractivity contribution >= 4 is 15.9 Å². The lowest BCUT2D eigenvalue weighted by atomic mass is 9.86. The second kappa shape index (κ2) is 5.08. The highest BCUT2D eigenvalue weighted by molar-refractivity contribution is 9.10. The zero-order chi connectivity index (χ0) is 13.2. The molecule has 3 nitrogen and oxygen atoms in total. The van der Waals surface area contributed by atoms with Crippen LogP contribution in [0.1, 0.15) is 18.1 Å². The van der Waals surface area contributed by atoms with Crippen LogP contribution < -0.4 is 10.5 Å². The Balaban J connectivity index is 2.50. The molecule has 2 rings (SSSR count). The predicted molar refractivity (Wildman–Crippen MR) is 75.6 cm³/mol. The maximum absolute atomic E-state index is 6.46. The number of aromatic nitrogens is 1. The predicted octanol–water partition coefficient (Wildman–Crippen LogP) is 3.07. The van der Waals surface area contributed by atoms with Gasteiger partial charge in [-0.1, -0.05) is 34.1 Å². The van der Waals surface area contributed by atoms with Gasteiger partial charge in [0.2, 0.25) is 0 Å². The molecule has 0 saturated carbocycles. The lowest BCUT2D eigenvalue weighted by Gasteiger charge is -2.27. The lowest BCUT2D eigenvalue weighted by Crippen LogP contribution is -2.34. The highest BCUT2D eigenvalue weighted by Crippen LogP contribution is 2.32. The summed E-state index contributed by atoms with van der Waals surface area (Å²) in [4.78, 5) is 4.16. The van der Waals surface area contributed by atoms with Gasteiger partial charge >= 0.3 is 0 Å². The van der Waals surface area contributed by atoms with Crippen molar-refractivity contribution in [3.63, 3.8) is 0 Å². The summed E-state index contributed by atoms with van der Waals surface area (Å²) in [5, 5.41) is 0. The van der Waals surface area contributed by atoms with E-state index in [0.717, 1.165) is 15.6 Å². The Morgan fingerprint density at radius 3 is 2.67 bits per heavy atom. The summed E-state index contributed by atoms with van der Waals surface area (Å²) in [6.45, 7) is 1.96. The molecule has 0 saturated heterocycles. The van der Waals surface area contributed by atoms with Gasteiger partial charge in [-0.15, -0.1) is 0 Å². The molecule has 1 aromatic heterocycles.